The Bertz CT molecular complexity index is 607. The molecule has 1 aromatic heterocycles. The second-order valence-corrected chi connectivity index (χ2v) is 4.75. The lowest BCUT2D eigenvalue weighted by atomic mass is 10.0. The molecule has 0 aliphatic heterocycles. The number of nitrogens with zero attached hydrogens (tertiary/aromatic N) is 2. The van der Waals surface area contributed by atoms with Gasteiger partial charge in [-0.05, 0) is 12.5 Å². The fourth-order valence-electron chi connectivity index (χ4n) is 1.93. The minimum absolute atomic E-state index is 0.114. The van der Waals surface area contributed by atoms with Crippen molar-refractivity contribution in [2.75, 3.05) is 5.32 Å². The molecule has 0 unspecified atom stereocenters. The Morgan fingerprint density at radius 3 is 2.57 bits per heavy atom. The van der Waals surface area contributed by atoms with Gasteiger partial charge in [-0.25, -0.2) is 5.10 Å². The maximum atomic E-state index is 12.0. The van der Waals surface area contributed by atoms with E-state index in [4.69, 9.17) is 0 Å². The van der Waals surface area contributed by atoms with Gasteiger partial charge in [0.2, 0.25) is 17.8 Å². The van der Waals surface area contributed by atoms with Gasteiger partial charge in [-0.15, -0.1) is 0 Å². The van der Waals surface area contributed by atoms with Crippen molar-refractivity contribution in [2.45, 2.75) is 26.3 Å². The van der Waals surface area contributed by atoms with Crippen LogP contribution in [-0.2, 0) is 9.59 Å². The Hall–Kier alpha value is -2.70. The van der Waals surface area contributed by atoms with Crippen LogP contribution in [0.5, 0.6) is 0 Å². The highest BCUT2D eigenvalue weighted by Gasteiger charge is 2.17. The number of nitrogens with one attached hydrogen (secondary N) is 3. The van der Waals surface area contributed by atoms with E-state index >= 15 is 0 Å². The SMILES string of the molecule is CC(=O)N[C@H](CC(=O)Nc1ncn[nH]1)c1ccc(C)cc1. The van der Waals surface area contributed by atoms with Gasteiger partial charge in [-0.2, -0.15) is 10.1 Å². The highest BCUT2D eigenvalue weighted by atomic mass is 16.2. The predicted octanol–water partition coefficient (Wildman–Crippen LogP) is 1.32. The van der Waals surface area contributed by atoms with Crippen molar-refractivity contribution < 1.29 is 9.59 Å². The fraction of sp³-hybridized carbons (Fsp3) is 0.286. The van der Waals surface area contributed by atoms with E-state index < -0.39 is 0 Å². The smallest absolute Gasteiger partial charge is 0.229 e. The summed E-state index contributed by atoms with van der Waals surface area (Å²) < 4.78 is 0. The van der Waals surface area contributed by atoms with Crippen LogP contribution in [0.15, 0.2) is 30.6 Å². The average Bonchev–Trinajstić information content (AvgIpc) is 2.91. The third-order valence-electron chi connectivity index (χ3n) is 2.92. The lowest BCUT2D eigenvalue weighted by Crippen LogP contribution is -2.29. The number of aromatic nitrogens is 3. The van der Waals surface area contributed by atoms with Crippen LogP contribution in [0.2, 0.25) is 0 Å². The van der Waals surface area contributed by atoms with Crippen molar-refractivity contribution in [2.24, 2.45) is 0 Å². The third kappa shape index (κ3) is 4.41. The van der Waals surface area contributed by atoms with Gasteiger partial charge in [0.25, 0.3) is 0 Å². The second kappa shape index (κ2) is 6.65. The third-order valence-corrected chi connectivity index (χ3v) is 2.92. The van der Waals surface area contributed by atoms with Crippen molar-refractivity contribution >= 4 is 17.8 Å². The molecule has 21 heavy (non-hydrogen) atoms. The standard InChI is InChI=1S/C14H17N5O2/c1-9-3-5-11(6-4-9)12(17-10(2)20)7-13(21)18-14-15-8-16-19-14/h3-6,8,12H,7H2,1-2H3,(H,17,20)(H2,15,16,18,19,21)/t12-/m1/s1. The van der Waals surface area contributed by atoms with Crippen LogP contribution in [0, 0.1) is 6.92 Å². The summed E-state index contributed by atoms with van der Waals surface area (Å²) in [7, 11) is 0. The predicted molar refractivity (Wildman–Crippen MR) is 77.4 cm³/mol. The number of aryl methyl sites for hydroxylation is 1. The number of amides is 2. The van der Waals surface area contributed by atoms with E-state index in [1.54, 1.807) is 0 Å². The van der Waals surface area contributed by atoms with E-state index in [1.807, 2.05) is 31.2 Å². The largest absolute Gasteiger partial charge is 0.349 e. The van der Waals surface area contributed by atoms with Gasteiger partial charge in [0.15, 0.2) is 0 Å². The summed E-state index contributed by atoms with van der Waals surface area (Å²) in [6.45, 7) is 3.41. The summed E-state index contributed by atoms with van der Waals surface area (Å²) >= 11 is 0. The number of H-pyrrole nitrogens is 1. The molecule has 110 valence electrons. The number of hydrogen-bond donors (Lipinski definition) is 3. The molecular formula is C14H17N5O2. The first-order valence-electron chi connectivity index (χ1n) is 6.53. The summed E-state index contributed by atoms with van der Waals surface area (Å²) in [6.07, 6.45) is 1.42. The van der Waals surface area contributed by atoms with Crippen molar-refractivity contribution in [3.05, 3.63) is 41.7 Å². The summed E-state index contributed by atoms with van der Waals surface area (Å²) in [5.41, 5.74) is 2.00. The Morgan fingerprint density at radius 2 is 2.00 bits per heavy atom. The van der Waals surface area contributed by atoms with Gasteiger partial charge >= 0.3 is 0 Å². The molecule has 0 saturated heterocycles. The molecule has 0 aliphatic carbocycles. The van der Waals surface area contributed by atoms with Crippen molar-refractivity contribution in [1.29, 1.82) is 0 Å². The number of anilines is 1. The summed E-state index contributed by atoms with van der Waals surface area (Å²) in [5, 5.41) is 11.6. The van der Waals surface area contributed by atoms with Crippen LogP contribution in [0.1, 0.15) is 30.5 Å². The van der Waals surface area contributed by atoms with Crippen LogP contribution >= 0.6 is 0 Å². The molecule has 1 heterocycles. The van der Waals surface area contributed by atoms with Gasteiger partial charge in [0, 0.05) is 6.92 Å². The molecule has 1 atom stereocenters. The molecule has 0 radical (unpaired) electrons. The zero-order chi connectivity index (χ0) is 15.2. The number of benzene rings is 1. The van der Waals surface area contributed by atoms with Crippen molar-refractivity contribution in [3.8, 4) is 0 Å². The summed E-state index contributed by atoms with van der Waals surface area (Å²) in [4.78, 5) is 27.1. The van der Waals surface area contributed by atoms with Crippen LogP contribution in [0.4, 0.5) is 5.95 Å². The highest BCUT2D eigenvalue weighted by Crippen LogP contribution is 2.18. The molecule has 7 heteroatoms. The van der Waals surface area contributed by atoms with Crippen molar-refractivity contribution in [1.82, 2.24) is 20.5 Å². The molecule has 0 saturated carbocycles. The normalized spacial score (nSPS) is 11.7. The van der Waals surface area contributed by atoms with E-state index in [1.165, 1.54) is 13.3 Å². The average molecular weight is 287 g/mol. The van der Waals surface area contributed by atoms with E-state index in [9.17, 15) is 9.59 Å². The number of hydrogen-bond acceptors (Lipinski definition) is 4. The maximum Gasteiger partial charge on any atom is 0.229 e. The first kappa shape index (κ1) is 14.7. The Kier molecular flexibility index (Phi) is 4.65. The van der Waals surface area contributed by atoms with Crippen LogP contribution in [0.25, 0.3) is 0 Å². The maximum absolute atomic E-state index is 12.0. The highest BCUT2D eigenvalue weighted by molar-refractivity contribution is 5.89. The molecule has 0 bridgehead atoms. The topological polar surface area (TPSA) is 99.8 Å². The fourth-order valence-corrected chi connectivity index (χ4v) is 1.93. The van der Waals surface area contributed by atoms with Gasteiger partial charge in [0.05, 0.1) is 12.5 Å². The zero-order valence-electron chi connectivity index (χ0n) is 11.9. The van der Waals surface area contributed by atoms with Gasteiger partial charge in [0.1, 0.15) is 6.33 Å². The van der Waals surface area contributed by atoms with Gasteiger partial charge in [-0.1, -0.05) is 29.8 Å². The first-order valence-corrected chi connectivity index (χ1v) is 6.53. The number of rotatable bonds is 5. The zero-order valence-corrected chi connectivity index (χ0v) is 11.9. The van der Waals surface area contributed by atoms with E-state index in [-0.39, 0.29) is 30.2 Å². The lowest BCUT2D eigenvalue weighted by molar-refractivity contribution is -0.120. The monoisotopic (exact) mass is 287 g/mol. The number of aromatic amines is 1. The van der Waals surface area contributed by atoms with Gasteiger partial charge in [-0.3, -0.25) is 14.9 Å². The van der Waals surface area contributed by atoms with Gasteiger partial charge < -0.3 is 5.32 Å². The quantitative estimate of drug-likeness (QED) is 0.772. The van der Waals surface area contributed by atoms with Crippen LogP contribution in [-0.4, -0.2) is 27.0 Å². The molecule has 0 aliphatic rings. The molecule has 7 nitrogen and oxygen atoms in total. The molecule has 3 N–H and O–H groups in total. The molecular weight excluding hydrogens is 270 g/mol. The summed E-state index contributed by atoms with van der Waals surface area (Å²) in [6, 6.07) is 7.30. The Balaban J connectivity index is 2.07. The first-order chi connectivity index (χ1) is 10.0. The van der Waals surface area contributed by atoms with E-state index in [0.29, 0.717) is 0 Å². The Labute approximate surface area is 122 Å². The number of carbonyl (C=O) groups excluding carboxylic acids is 2. The number of carbonyl (C=O) groups is 2. The summed E-state index contributed by atoms with van der Waals surface area (Å²) in [5.74, 6) is -0.162. The van der Waals surface area contributed by atoms with Crippen LogP contribution < -0.4 is 10.6 Å². The van der Waals surface area contributed by atoms with E-state index in [2.05, 4.69) is 25.8 Å². The molecule has 0 fully saturated rings. The lowest BCUT2D eigenvalue weighted by Gasteiger charge is -2.18. The van der Waals surface area contributed by atoms with E-state index in [0.717, 1.165) is 11.1 Å². The molecule has 1 aromatic carbocycles. The molecule has 0 spiro atoms. The van der Waals surface area contributed by atoms with Crippen molar-refractivity contribution in [3.63, 3.8) is 0 Å². The minimum atomic E-state index is -0.383. The molecule has 2 amide bonds. The van der Waals surface area contributed by atoms with Crippen LogP contribution in [0.3, 0.4) is 0 Å². The molecule has 2 aromatic rings. The Morgan fingerprint density at radius 1 is 1.29 bits per heavy atom. The molecule has 2 rings (SSSR count). The second-order valence-electron chi connectivity index (χ2n) is 4.75. The minimum Gasteiger partial charge on any atom is -0.349 e.